The van der Waals surface area contributed by atoms with E-state index in [0.717, 1.165) is 25.9 Å². The molecule has 0 atom stereocenters. The number of hydrogen-bond donors (Lipinski definition) is 3. The zero-order valence-electron chi connectivity index (χ0n) is 22.8. The molecular formula is C26H34N10O3. The number of benzene rings is 1. The van der Waals surface area contributed by atoms with Gasteiger partial charge in [0.05, 0.1) is 36.3 Å². The molecule has 1 aliphatic heterocycles. The van der Waals surface area contributed by atoms with Gasteiger partial charge in [0.1, 0.15) is 11.9 Å². The zero-order chi connectivity index (χ0) is 27.9. The molecule has 0 spiro atoms. The number of likely N-dealkylation sites (tertiary alicyclic amines) is 1. The number of carboxylic acids is 1. The highest BCUT2D eigenvalue weighted by molar-refractivity contribution is 5.94. The van der Waals surface area contributed by atoms with Gasteiger partial charge in [0.15, 0.2) is 17.4 Å². The van der Waals surface area contributed by atoms with Crippen LogP contribution in [-0.2, 0) is 7.05 Å². The number of carbonyl (C=O) groups is 1. The molecular weight excluding hydrogens is 500 g/mol. The molecule has 13 heteroatoms. The minimum atomic E-state index is -1.16. The molecule has 0 amide bonds. The van der Waals surface area contributed by atoms with Crippen molar-refractivity contribution in [1.29, 1.82) is 0 Å². The Morgan fingerprint density at radius 1 is 1.10 bits per heavy atom. The largest absolute Gasteiger partial charge is 0.494 e. The number of anilines is 4. The molecule has 0 unspecified atom stereocenters. The van der Waals surface area contributed by atoms with Crippen LogP contribution >= 0.6 is 0 Å². The van der Waals surface area contributed by atoms with Crippen molar-refractivity contribution in [3.8, 4) is 17.1 Å². The van der Waals surface area contributed by atoms with E-state index in [1.807, 2.05) is 30.8 Å². The van der Waals surface area contributed by atoms with Gasteiger partial charge < -0.3 is 25.4 Å². The average molecular weight is 535 g/mol. The Balaban J connectivity index is 0.00000172. The lowest BCUT2D eigenvalue weighted by Gasteiger charge is -2.28. The van der Waals surface area contributed by atoms with E-state index >= 15 is 0 Å². The number of nitrogens with one attached hydrogen (secondary N) is 2. The van der Waals surface area contributed by atoms with Crippen LogP contribution in [0.4, 0.5) is 23.1 Å². The lowest BCUT2D eigenvalue weighted by Crippen LogP contribution is -2.31. The topological polar surface area (TPSA) is 148 Å². The number of aromatic carboxylic acids is 1. The Bertz CT molecular complexity index is 1410. The smallest absolute Gasteiger partial charge is 0.341 e. The van der Waals surface area contributed by atoms with Crippen LogP contribution in [0.5, 0.6) is 5.75 Å². The Morgan fingerprint density at radius 2 is 1.87 bits per heavy atom. The van der Waals surface area contributed by atoms with Crippen LogP contribution in [0.1, 0.15) is 43.1 Å². The second-order valence-electron chi connectivity index (χ2n) is 8.88. The lowest BCUT2D eigenvalue weighted by molar-refractivity contribution is 0.0697. The van der Waals surface area contributed by atoms with Gasteiger partial charge >= 0.3 is 5.97 Å². The molecule has 4 aromatic rings. The van der Waals surface area contributed by atoms with E-state index in [4.69, 9.17) is 4.74 Å². The van der Waals surface area contributed by atoms with Crippen LogP contribution in [0.15, 0.2) is 43.1 Å². The molecule has 5 rings (SSSR count). The Hall–Kier alpha value is -4.52. The summed E-state index contributed by atoms with van der Waals surface area (Å²) < 4.78 is 9.19. The number of hydrogen-bond acceptors (Lipinski definition) is 10. The van der Waals surface area contributed by atoms with Gasteiger partial charge in [-0.25, -0.2) is 14.8 Å². The summed E-state index contributed by atoms with van der Waals surface area (Å²) in [7, 11) is 5.43. The summed E-state index contributed by atoms with van der Waals surface area (Å²) in [5.74, 6) is 0.116. The average Bonchev–Trinajstić information content (AvgIpc) is 3.59. The number of piperidine rings is 1. The van der Waals surface area contributed by atoms with Crippen molar-refractivity contribution < 1.29 is 14.6 Å². The summed E-state index contributed by atoms with van der Waals surface area (Å²) in [6, 6.07) is 5.73. The van der Waals surface area contributed by atoms with E-state index in [1.54, 1.807) is 36.4 Å². The third kappa shape index (κ3) is 6.32. The Kier molecular flexibility index (Phi) is 8.71. The van der Waals surface area contributed by atoms with Crippen LogP contribution < -0.4 is 15.4 Å². The quantitative estimate of drug-likeness (QED) is 0.302. The van der Waals surface area contributed by atoms with Crippen LogP contribution in [0, 0.1) is 0 Å². The number of para-hydroxylation sites is 1. The lowest BCUT2D eigenvalue weighted by atomic mass is 10.1. The molecule has 0 radical (unpaired) electrons. The summed E-state index contributed by atoms with van der Waals surface area (Å²) in [6.07, 6.45) is 8.55. The van der Waals surface area contributed by atoms with E-state index in [1.165, 1.54) is 13.3 Å². The molecule has 4 heterocycles. The summed E-state index contributed by atoms with van der Waals surface area (Å²) in [4.78, 5) is 27.2. The monoisotopic (exact) mass is 534 g/mol. The minimum absolute atomic E-state index is 0.0870. The molecule has 1 fully saturated rings. The molecule has 1 saturated heterocycles. The van der Waals surface area contributed by atoms with E-state index in [0.29, 0.717) is 34.6 Å². The SMILES string of the molecule is CC.COc1c(Nc2nc(Nc3cnn(C4CCN(C)CC4)c3)ncc2C(=O)O)cccc1-c1ncn(C)n1. The van der Waals surface area contributed by atoms with Gasteiger partial charge in [0.25, 0.3) is 0 Å². The van der Waals surface area contributed by atoms with Crippen molar-refractivity contribution >= 4 is 29.1 Å². The number of ether oxygens (including phenoxy) is 1. The van der Waals surface area contributed by atoms with Crippen LogP contribution in [0.25, 0.3) is 11.4 Å². The van der Waals surface area contributed by atoms with Gasteiger partial charge in [-0.2, -0.15) is 15.2 Å². The van der Waals surface area contributed by atoms with Crippen molar-refractivity contribution in [2.75, 3.05) is 37.9 Å². The number of rotatable bonds is 8. The van der Waals surface area contributed by atoms with Crippen molar-refractivity contribution in [2.24, 2.45) is 7.05 Å². The molecule has 0 aliphatic carbocycles. The van der Waals surface area contributed by atoms with E-state index in [2.05, 4.69) is 47.7 Å². The predicted molar refractivity (Wildman–Crippen MR) is 148 cm³/mol. The van der Waals surface area contributed by atoms with Crippen molar-refractivity contribution in [2.45, 2.75) is 32.7 Å². The second-order valence-corrected chi connectivity index (χ2v) is 8.88. The van der Waals surface area contributed by atoms with Gasteiger partial charge in [-0.1, -0.05) is 19.9 Å². The Morgan fingerprint density at radius 3 is 2.54 bits per heavy atom. The zero-order valence-corrected chi connectivity index (χ0v) is 22.8. The molecule has 13 nitrogen and oxygen atoms in total. The van der Waals surface area contributed by atoms with Crippen molar-refractivity contribution in [3.63, 3.8) is 0 Å². The van der Waals surface area contributed by atoms with Crippen LogP contribution in [0.2, 0.25) is 0 Å². The number of aromatic nitrogens is 7. The highest BCUT2D eigenvalue weighted by Crippen LogP contribution is 2.36. The van der Waals surface area contributed by atoms with Crippen LogP contribution in [0.3, 0.4) is 0 Å². The first-order valence-corrected chi connectivity index (χ1v) is 12.8. The maximum Gasteiger partial charge on any atom is 0.341 e. The summed E-state index contributed by atoms with van der Waals surface area (Å²) >= 11 is 0. The molecule has 39 heavy (non-hydrogen) atoms. The Labute approximate surface area is 226 Å². The maximum absolute atomic E-state index is 11.9. The minimum Gasteiger partial charge on any atom is -0.494 e. The second kappa shape index (κ2) is 12.3. The van der Waals surface area contributed by atoms with Gasteiger partial charge in [0, 0.05) is 19.4 Å². The highest BCUT2D eigenvalue weighted by atomic mass is 16.5. The van der Waals surface area contributed by atoms with E-state index < -0.39 is 5.97 Å². The van der Waals surface area contributed by atoms with Gasteiger partial charge in [-0.15, -0.1) is 0 Å². The number of aryl methyl sites for hydroxylation is 1. The fourth-order valence-electron chi connectivity index (χ4n) is 4.31. The van der Waals surface area contributed by atoms with Crippen LogP contribution in [-0.4, -0.2) is 77.7 Å². The summed E-state index contributed by atoms with van der Waals surface area (Å²) in [6.45, 7) is 6.06. The first-order valence-electron chi connectivity index (χ1n) is 12.8. The van der Waals surface area contributed by atoms with E-state index in [-0.39, 0.29) is 17.3 Å². The maximum atomic E-state index is 11.9. The fraction of sp³-hybridized carbons (Fsp3) is 0.385. The molecule has 3 aromatic heterocycles. The van der Waals surface area contributed by atoms with Gasteiger partial charge in [-0.3, -0.25) is 9.36 Å². The third-order valence-electron chi connectivity index (χ3n) is 6.25. The fourth-order valence-corrected chi connectivity index (χ4v) is 4.31. The van der Waals surface area contributed by atoms with Gasteiger partial charge in [0.2, 0.25) is 5.95 Å². The van der Waals surface area contributed by atoms with Crippen molar-refractivity contribution in [1.82, 2.24) is 39.4 Å². The number of carboxylic acid groups (broad SMARTS) is 1. The predicted octanol–water partition coefficient (Wildman–Crippen LogP) is 3.96. The standard InChI is InChI=1S/C24H28N10O3.C2H6/c1-32-9-7-16(8-10-32)34-13-15(11-27-34)28-24-25-12-18(23(35)36)22(30-24)29-19-6-4-5-17(20(19)37-3)21-26-14-33(2)31-21;1-2/h4-6,11-14,16H,7-10H2,1-3H3,(H,35,36)(H2,25,28,29,30);1-2H3. The third-order valence-corrected chi connectivity index (χ3v) is 6.25. The van der Waals surface area contributed by atoms with E-state index in [9.17, 15) is 9.90 Å². The highest BCUT2D eigenvalue weighted by Gasteiger charge is 2.21. The number of methoxy groups -OCH3 is 1. The molecule has 206 valence electrons. The molecule has 0 bridgehead atoms. The molecule has 1 aromatic carbocycles. The summed E-state index contributed by atoms with van der Waals surface area (Å²) in [5.41, 5.74) is 1.79. The van der Waals surface area contributed by atoms with Gasteiger partial charge in [-0.05, 0) is 45.1 Å². The number of nitrogens with zero attached hydrogens (tertiary/aromatic N) is 8. The summed E-state index contributed by atoms with van der Waals surface area (Å²) in [5, 5.41) is 24.8. The molecule has 1 aliphatic rings. The molecule has 0 saturated carbocycles. The molecule has 3 N–H and O–H groups in total. The first-order chi connectivity index (χ1) is 18.9. The van der Waals surface area contributed by atoms with Crippen molar-refractivity contribution in [3.05, 3.63) is 48.7 Å². The normalized spacial score (nSPS) is 13.9. The first kappa shape index (κ1) is 27.5.